The van der Waals surface area contributed by atoms with E-state index in [1.165, 1.54) is 0 Å². The minimum absolute atomic E-state index is 0.270. The van der Waals surface area contributed by atoms with Gasteiger partial charge in [-0.1, -0.05) is 0 Å². The van der Waals surface area contributed by atoms with Crippen LogP contribution in [0.25, 0.3) is 0 Å². The van der Waals surface area contributed by atoms with E-state index in [1.807, 2.05) is 30.0 Å². The highest BCUT2D eigenvalue weighted by molar-refractivity contribution is 5.81. The summed E-state index contributed by atoms with van der Waals surface area (Å²) in [5, 5.41) is 10.4. The van der Waals surface area contributed by atoms with E-state index in [4.69, 9.17) is 9.90 Å². The number of alkyl halides is 3. The van der Waals surface area contributed by atoms with Gasteiger partial charge in [-0.05, 0) is 12.8 Å². The van der Waals surface area contributed by atoms with Crippen molar-refractivity contribution < 1.29 is 27.9 Å². The SMILES string of the molecule is CN(C)c1cc(NCc2cn3c(n2)CN(C(=O)C2CC2)CC3)ncn1.O=C(O)C(F)(F)F. The predicted molar refractivity (Wildman–Crippen MR) is 108 cm³/mol. The fourth-order valence-corrected chi connectivity index (χ4v) is 3.04. The Morgan fingerprint density at radius 1 is 1.25 bits per heavy atom. The number of imidazole rings is 1. The Hall–Kier alpha value is -3.38. The van der Waals surface area contributed by atoms with Gasteiger partial charge >= 0.3 is 12.1 Å². The molecular formula is C19H24F3N7O3. The monoisotopic (exact) mass is 455 g/mol. The number of hydrogen-bond donors (Lipinski definition) is 2. The summed E-state index contributed by atoms with van der Waals surface area (Å²) in [5.74, 6) is 0.407. The zero-order valence-corrected chi connectivity index (χ0v) is 17.6. The lowest BCUT2D eigenvalue weighted by Crippen LogP contribution is -2.39. The van der Waals surface area contributed by atoms with E-state index in [9.17, 15) is 18.0 Å². The van der Waals surface area contributed by atoms with Gasteiger partial charge in [-0.2, -0.15) is 13.2 Å². The van der Waals surface area contributed by atoms with E-state index < -0.39 is 12.1 Å². The molecule has 0 unspecified atom stereocenters. The number of carbonyl (C=O) groups excluding carboxylic acids is 1. The number of anilines is 2. The largest absolute Gasteiger partial charge is 0.490 e. The molecule has 1 saturated carbocycles. The molecule has 3 heterocycles. The van der Waals surface area contributed by atoms with E-state index in [2.05, 4.69) is 31.0 Å². The molecule has 10 nitrogen and oxygen atoms in total. The van der Waals surface area contributed by atoms with Crippen LogP contribution in [0.1, 0.15) is 24.4 Å². The summed E-state index contributed by atoms with van der Waals surface area (Å²) in [6.07, 6.45) is 0.631. The molecule has 1 aliphatic carbocycles. The first-order valence-electron chi connectivity index (χ1n) is 9.91. The van der Waals surface area contributed by atoms with Crippen LogP contribution in [-0.4, -0.2) is 68.2 Å². The lowest BCUT2D eigenvalue weighted by atomic mass is 10.3. The summed E-state index contributed by atoms with van der Waals surface area (Å²) in [7, 11) is 3.90. The van der Waals surface area contributed by atoms with E-state index >= 15 is 0 Å². The third-order valence-corrected chi connectivity index (χ3v) is 4.89. The second-order valence-corrected chi connectivity index (χ2v) is 7.69. The maximum atomic E-state index is 12.2. The van der Waals surface area contributed by atoms with Crippen molar-refractivity contribution in [3.63, 3.8) is 0 Å². The maximum Gasteiger partial charge on any atom is 0.490 e. The molecule has 174 valence electrons. The third kappa shape index (κ3) is 6.08. The summed E-state index contributed by atoms with van der Waals surface area (Å²) >= 11 is 0. The Labute approximate surface area is 182 Å². The molecule has 0 spiro atoms. The number of aliphatic carboxylic acids is 1. The number of nitrogens with one attached hydrogen (secondary N) is 1. The number of amides is 1. The standard InChI is InChI=1S/C17H23N7O.C2HF3O2/c1-22(2)15-7-14(19-11-20-15)18-8-13-9-23-5-6-24(10-16(23)21-13)17(25)12-3-4-12;3-2(4,5)1(6)7/h7,9,11-12H,3-6,8,10H2,1-2H3,(H,18,19,20);(H,6,7). The zero-order chi connectivity index (χ0) is 23.5. The van der Waals surface area contributed by atoms with Gasteiger partial charge in [-0.25, -0.2) is 19.7 Å². The fourth-order valence-electron chi connectivity index (χ4n) is 3.04. The van der Waals surface area contributed by atoms with Gasteiger partial charge < -0.3 is 24.8 Å². The van der Waals surface area contributed by atoms with Crippen molar-refractivity contribution in [3.8, 4) is 0 Å². The summed E-state index contributed by atoms with van der Waals surface area (Å²) in [4.78, 5) is 38.2. The van der Waals surface area contributed by atoms with E-state index in [-0.39, 0.29) is 5.92 Å². The Morgan fingerprint density at radius 3 is 2.53 bits per heavy atom. The van der Waals surface area contributed by atoms with Crippen molar-refractivity contribution in [2.75, 3.05) is 30.9 Å². The van der Waals surface area contributed by atoms with Crippen molar-refractivity contribution in [2.45, 2.75) is 38.7 Å². The van der Waals surface area contributed by atoms with Gasteiger partial charge in [0.15, 0.2) is 0 Å². The zero-order valence-electron chi connectivity index (χ0n) is 17.6. The van der Waals surface area contributed by atoms with Crippen LogP contribution in [0.2, 0.25) is 0 Å². The van der Waals surface area contributed by atoms with Crippen molar-refractivity contribution in [1.82, 2.24) is 24.4 Å². The minimum Gasteiger partial charge on any atom is -0.475 e. The molecule has 0 aromatic carbocycles. The average molecular weight is 455 g/mol. The average Bonchev–Trinajstić information content (AvgIpc) is 3.50. The Kier molecular flexibility index (Phi) is 6.84. The third-order valence-electron chi connectivity index (χ3n) is 4.89. The van der Waals surface area contributed by atoms with Gasteiger partial charge in [0.05, 0.1) is 18.8 Å². The first kappa shape index (κ1) is 23.3. The minimum atomic E-state index is -5.08. The van der Waals surface area contributed by atoms with Gasteiger partial charge in [0.2, 0.25) is 5.91 Å². The summed E-state index contributed by atoms with van der Waals surface area (Å²) in [5.41, 5.74) is 0.959. The van der Waals surface area contributed by atoms with Crippen LogP contribution in [0.4, 0.5) is 24.8 Å². The number of hydrogen-bond acceptors (Lipinski definition) is 7. The van der Waals surface area contributed by atoms with Crippen LogP contribution in [0.15, 0.2) is 18.6 Å². The molecule has 1 amide bonds. The first-order valence-corrected chi connectivity index (χ1v) is 9.91. The molecule has 2 aliphatic rings. The quantitative estimate of drug-likeness (QED) is 0.700. The Balaban J connectivity index is 0.000000360. The van der Waals surface area contributed by atoms with Crippen molar-refractivity contribution >= 4 is 23.5 Å². The number of rotatable bonds is 5. The topological polar surface area (TPSA) is 116 Å². The van der Waals surface area contributed by atoms with Crippen LogP contribution in [0.5, 0.6) is 0 Å². The van der Waals surface area contributed by atoms with Gasteiger partial charge in [-0.3, -0.25) is 4.79 Å². The van der Waals surface area contributed by atoms with E-state index in [0.29, 0.717) is 19.0 Å². The fraction of sp³-hybridized carbons (Fsp3) is 0.526. The number of nitrogens with zero attached hydrogens (tertiary/aromatic N) is 6. The molecule has 0 atom stereocenters. The molecular weight excluding hydrogens is 431 g/mol. The Bertz CT molecular complexity index is 973. The highest BCUT2D eigenvalue weighted by Crippen LogP contribution is 2.32. The second kappa shape index (κ2) is 9.40. The molecule has 2 N–H and O–H groups in total. The van der Waals surface area contributed by atoms with Crippen LogP contribution < -0.4 is 10.2 Å². The van der Waals surface area contributed by atoms with Crippen molar-refractivity contribution in [1.29, 1.82) is 0 Å². The molecule has 0 bridgehead atoms. The van der Waals surface area contributed by atoms with Crippen molar-refractivity contribution in [2.24, 2.45) is 5.92 Å². The van der Waals surface area contributed by atoms with E-state index in [0.717, 1.165) is 49.1 Å². The van der Waals surface area contributed by atoms with Crippen LogP contribution in [0, 0.1) is 5.92 Å². The summed E-state index contributed by atoms with van der Waals surface area (Å²) in [6.45, 7) is 2.82. The second-order valence-electron chi connectivity index (χ2n) is 7.69. The normalized spacial score (nSPS) is 15.3. The molecule has 4 rings (SSSR count). The highest BCUT2D eigenvalue weighted by Gasteiger charge is 2.38. The number of halogens is 3. The molecule has 0 radical (unpaired) electrons. The number of carboxylic acid groups (broad SMARTS) is 1. The number of fused-ring (bicyclic) bond motifs is 1. The highest BCUT2D eigenvalue weighted by atomic mass is 19.4. The lowest BCUT2D eigenvalue weighted by Gasteiger charge is -2.27. The molecule has 13 heteroatoms. The summed E-state index contributed by atoms with van der Waals surface area (Å²) < 4.78 is 33.9. The van der Waals surface area contributed by atoms with Gasteiger partial charge in [-0.15, -0.1) is 0 Å². The molecule has 2 aromatic heterocycles. The maximum absolute atomic E-state index is 12.2. The van der Waals surface area contributed by atoms with Gasteiger partial charge in [0, 0.05) is 45.4 Å². The number of carboxylic acids is 1. The predicted octanol–water partition coefficient (Wildman–Crippen LogP) is 1.74. The van der Waals surface area contributed by atoms with Gasteiger partial charge in [0.25, 0.3) is 0 Å². The molecule has 1 aliphatic heterocycles. The molecule has 32 heavy (non-hydrogen) atoms. The first-order chi connectivity index (χ1) is 15.0. The van der Waals surface area contributed by atoms with Crippen LogP contribution >= 0.6 is 0 Å². The van der Waals surface area contributed by atoms with Crippen molar-refractivity contribution in [3.05, 3.63) is 30.1 Å². The lowest BCUT2D eigenvalue weighted by molar-refractivity contribution is -0.192. The molecule has 0 saturated heterocycles. The summed E-state index contributed by atoms with van der Waals surface area (Å²) in [6, 6.07) is 1.91. The van der Waals surface area contributed by atoms with Gasteiger partial charge in [0.1, 0.15) is 23.8 Å². The van der Waals surface area contributed by atoms with Crippen LogP contribution in [0.3, 0.4) is 0 Å². The molecule has 2 aromatic rings. The number of aromatic nitrogens is 4. The smallest absolute Gasteiger partial charge is 0.475 e. The van der Waals surface area contributed by atoms with E-state index in [1.54, 1.807) is 6.33 Å². The number of carbonyl (C=O) groups is 2. The van der Waals surface area contributed by atoms with Crippen LogP contribution in [-0.2, 0) is 29.2 Å². The Morgan fingerprint density at radius 2 is 1.94 bits per heavy atom. The molecule has 1 fully saturated rings.